The van der Waals surface area contributed by atoms with Crippen molar-refractivity contribution in [3.63, 3.8) is 0 Å². The molecule has 1 aromatic heterocycles. The lowest BCUT2D eigenvalue weighted by atomic mass is 10.1. The number of amides is 1. The number of carbonyl (C=O) groups excluding carboxylic acids is 1. The quantitative estimate of drug-likeness (QED) is 0.550. The summed E-state index contributed by atoms with van der Waals surface area (Å²) in [5.41, 5.74) is 5.41. The van der Waals surface area contributed by atoms with Crippen LogP contribution in [0.15, 0.2) is 64.2 Å². The molecule has 0 radical (unpaired) electrons. The molecule has 0 fully saturated rings. The van der Waals surface area contributed by atoms with E-state index in [1.165, 1.54) is 16.6 Å². The number of fused-ring (bicyclic) bond motifs is 1. The highest BCUT2D eigenvalue weighted by molar-refractivity contribution is 5.98. The summed E-state index contributed by atoms with van der Waals surface area (Å²) < 4.78 is 17.8. The minimum absolute atomic E-state index is 0.0386. The number of hydrogen-bond donors (Lipinski definition) is 2. The third kappa shape index (κ3) is 4.60. The molecule has 10 heteroatoms. The van der Waals surface area contributed by atoms with Crippen LogP contribution < -0.4 is 31.4 Å². The Labute approximate surface area is 189 Å². The lowest BCUT2D eigenvalue weighted by molar-refractivity contribution is -0.127. The van der Waals surface area contributed by atoms with Crippen LogP contribution in [0, 0.1) is 0 Å². The lowest BCUT2D eigenvalue weighted by Crippen LogP contribution is -2.49. The fourth-order valence-electron chi connectivity index (χ4n) is 3.59. The van der Waals surface area contributed by atoms with E-state index in [0.717, 1.165) is 5.56 Å². The minimum Gasteiger partial charge on any atom is -0.485 e. The van der Waals surface area contributed by atoms with E-state index in [9.17, 15) is 14.4 Å². The number of nitrogen functional groups attached to an aromatic ring is 1. The molecule has 0 aliphatic carbocycles. The monoisotopic (exact) mass is 452 g/mol. The van der Waals surface area contributed by atoms with Gasteiger partial charge in [0, 0.05) is 7.11 Å². The molecular weight excluding hydrogens is 428 g/mol. The maximum absolute atomic E-state index is 13.6. The topological polar surface area (TPSA) is 129 Å². The minimum atomic E-state index is -1.01. The Morgan fingerprint density at radius 3 is 2.58 bits per heavy atom. The number of benzene rings is 2. The van der Waals surface area contributed by atoms with E-state index >= 15 is 0 Å². The molecule has 4 rings (SSSR count). The molecule has 1 atom stereocenters. The van der Waals surface area contributed by atoms with Gasteiger partial charge in [-0.3, -0.25) is 24.0 Å². The zero-order valence-corrected chi connectivity index (χ0v) is 18.0. The summed E-state index contributed by atoms with van der Waals surface area (Å²) in [6, 6.07) is 16.1. The second kappa shape index (κ2) is 9.61. The highest BCUT2D eigenvalue weighted by atomic mass is 16.6. The third-order valence-corrected chi connectivity index (χ3v) is 5.24. The average Bonchev–Trinajstić information content (AvgIpc) is 2.83. The lowest BCUT2D eigenvalue weighted by Gasteiger charge is -2.31. The number of rotatable bonds is 7. The highest BCUT2D eigenvalue weighted by Crippen LogP contribution is 2.32. The Morgan fingerprint density at radius 2 is 1.85 bits per heavy atom. The van der Waals surface area contributed by atoms with Crippen molar-refractivity contribution in [3.8, 4) is 11.5 Å². The fourth-order valence-corrected chi connectivity index (χ4v) is 3.59. The van der Waals surface area contributed by atoms with Crippen LogP contribution in [0.4, 0.5) is 11.5 Å². The molecule has 172 valence electrons. The molecule has 33 heavy (non-hydrogen) atoms. The van der Waals surface area contributed by atoms with Crippen molar-refractivity contribution < 1.29 is 19.0 Å². The second-order valence-electron chi connectivity index (χ2n) is 7.41. The summed E-state index contributed by atoms with van der Waals surface area (Å²) in [5, 5.41) is 0. The molecule has 10 nitrogen and oxygen atoms in total. The molecule has 1 aliphatic heterocycles. The standard InChI is InChI=1S/C23H24N4O6/c1-31-12-11-26-20(24)19(21(28)25-23(26)30)27(13-15-7-3-2-4-8-15)22(29)18-14-32-16-9-5-6-10-17(16)33-18/h2-10,18H,11-14,24H2,1H3,(H,25,28,30). The summed E-state index contributed by atoms with van der Waals surface area (Å²) >= 11 is 0. The number of hydrogen-bond acceptors (Lipinski definition) is 7. The molecule has 0 saturated carbocycles. The van der Waals surface area contributed by atoms with Crippen molar-refractivity contribution in [2.75, 3.05) is 31.0 Å². The molecule has 0 bridgehead atoms. The normalized spacial score (nSPS) is 14.6. The molecular formula is C23H24N4O6. The van der Waals surface area contributed by atoms with Gasteiger partial charge in [-0.2, -0.15) is 0 Å². The van der Waals surface area contributed by atoms with Gasteiger partial charge in [-0.25, -0.2) is 4.79 Å². The molecule has 2 heterocycles. The predicted octanol–water partition coefficient (Wildman–Crippen LogP) is 1.14. The van der Waals surface area contributed by atoms with Gasteiger partial charge in [0.2, 0.25) is 6.10 Å². The Bertz CT molecular complexity index is 1250. The smallest absolute Gasteiger partial charge is 0.330 e. The van der Waals surface area contributed by atoms with Gasteiger partial charge in [0.1, 0.15) is 12.4 Å². The number of nitrogens with one attached hydrogen (secondary N) is 1. The van der Waals surface area contributed by atoms with Crippen LogP contribution in [-0.4, -0.2) is 41.9 Å². The number of ether oxygens (including phenoxy) is 3. The Hall–Kier alpha value is -4.05. The van der Waals surface area contributed by atoms with E-state index in [1.54, 1.807) is 24.3 Å². The van der Waals surface area contributed by atoms with Crippen molar-refractivity contribution in [1.82, 2.24) is 9.55 Å². The van der Waals surface area contributed by atoms with Gasteiger partial charge in [0.05, 0.1) is 19.7 Å². The number of aromatic amines is 1. The van der Waals surface area contributed by atoms with Crippen LogP contribution in [0.5, 0.6) is 11.5 Å². The van der Waals surface area contributed by atoms with Crippen LogP contribution in [0.1, 0.15) is 5.56 Å². The largest absolute Gasteiger partial charge is 0.485 e. The molecule has 0 saturated heterocycles. The van der Waals surface area contributed by atoms with Crippen molar-refractivity contribution >= 4 is 17.4 Å². The van der Waals surface area contributed by atoms with Gasteiger partial charge >= 0.3 is 5.69 Å². The van der Waals surface area contributed by atoms with Crippen molar-refractivity contribution in [2.45, 2.75) is 19.2 Å². The number of anilines is 2. The summed E-state index contributed by atoms with van der Waals surface area (Å²) in [4.78, 5) is 42.3. The molecule has 2 aromatic carbocycles. The third-order valence-electron chi connectivity index (χ3n) is 5.24. The van der Waals surface area contributed by atoms with Crippen molar-refractivity contribution in [2.24, 2.45) is 0 Å². The van der Waals surface area contributed by atoms with Gasteiger partial charge in [0.25, 0.3) is 11.5 Å². The maximum Gasteiger partial charge on any atom is 0.330 e. The summed E-state index contributed by atoms with van der Waals surface area (Å²) in [6.07, 6.45) is -1.01. The zero-order chi connectivity index (χ0) is 23.4. The first-order valence-electron chi connectivity index (χ1n) is 10.3. The van der Waals surface area contributed by atoms with E-state index in [1.807, 2.05) is 30.3 Å². The Kier molecular flexibility index (Phi) is 6.45. The fraction of sp³-hybridized carbons (Fsp3) is 0.261. The average molecular weight is 452 g/mol. The molecule has 1 unspecified atom stereocenters. The molecule has 3 N–H and O–H groups in total. The highest BCUT2D eigenvalue weighted by Gasteiger charge is 2.34. The van der Waals surface area contributed by atoms with Crippen LogP contribution in [-0.2, 0) is 22.6 Å². The van der Waals surface area contributed by atoms with Gasteiger partial charge in [-0.1, -0.05) is 42.5 Å². The molecule has 1 aliphatic rings. The number of nitrogens with two attached hydrogens (primary N) is 1. The summed E-state index contributed by atoms with van der Waals surface area (Å²) in [7, 11) is 1.48. The summed E-state index contributed by atoms with van der Waals surface area (Å²) in [5.74, 6) is 0.292. The second-order valence-corrected chi connectivity index (χ2v) is 7.41. The molecule has 1 amide bonds. The van der Waals surface area contributed by atoms with Gasteiger partial charge in [-0.15, -0.1) is 0 Å². The van der Waals surface area contributed by atoms with Crippen molar-refractivity contribution in [1.29, 1.82) is 0 Å². The maximum atomic E-state index is 13.6. The van der Waals surface area contributed by atoms with E-state index in [2.05, 4.69) is 4.98 Å². The number of nitrogens with zero attached hydrogens (tertiary/aromatic N) is 2. The zero-order valence-electron chi connectivity index (χ0n) is 18.0. The van der Waals surface area contributed by atoms with Crippen LogP contribution in [0.2, 0.25) is 0 Å². The first-order valence-corrected chi connectivity index (χ1v) is 10.3. The number of carbonyl (C=O) groups is 1. The van der Waals surface area contributed by atoms with Crippen LogP contribution in [0.3, 0.4) is 0 Å². The predicted molar refractivity (Wildman–Crippen MR) is 122 cm³/mol. The Balaban J connectivity index is 1.76. The van der Waals surface area contributed by atoms with E-state index < -0.39 is 23.3 Å². The number of H-pyrrole nitrogens is 1. The van der Waals surface area contributed by atoms with Gasteiger partial charge in [-0.05, 0) is 17.7 Å². The van der Waals surface area contributed by atoms with Crippen LogP contribution >= 0.6 is 0 Å². The van der Waals surface area contributed by atoms with E-state index in [4.69, 9.17) is 19.9 Å². The van der Waals surface area contributed by atoms with Gasteiger partial charge in [0.15, 0.2) is 17.2 Å². The number of methoxy groups -OCH3 is 1. The first kappa shape index (κ1) is 22.2. The van der Waals surface area contributed by atoms with Gasteiger partial charge < -0.3 is 19.9 Å². The van der Waals surface area contributed by atoms with Crippen LogP contribution in [0.25, 0.3) is 0 Å². The Morgan fingerprint density at radius 1 is 1.15 bits per heavy atom. The molecule has 0 spiro atoms. The SMILES string of the molecule is COCCn1c(N)c(N(Cc2ccccc2)C(=O)C2COc3ccccc3O2)c(=O)[nH]c1=O. The molecule has 3 aromatic rings. The first-order chi connectivity index (χ1) is 16.0. The van der Waals surface area contributed by atoms with E-state index in [-0.39, 0.29) is 37.8 Å². The van der Waals surface area contributed by atoms with Crippen molar-refractivity contribution in [3.05, 3.63) is 81.0 Å². The van der Waals surface area contributed by atoms with E-state index in [0.29, 0.717) is 11.5 Å². The summed E-state index contributed by atoms with van der Waals surface area (Å²) in [6.45, 7) is 0.298. The number of para-hydroxylation sites is 2. The number of aromatic nitrogens is 2.